The molecule has 2 aromatic carbocycles. The van der Waals surface area contributed by atoms with Crippen LogP contribution in [0.25, 0.3) is 0 Å². The van der Waals surface area contributed by atoms with E-state index in [1.807, 2.05) is 0 Å². The van der Waals surface area contributed by atoms with Crippen molar-refractivity contribution in [2.75, 3.05) is 36.5 Å². The second-order valence-corrected chi connectivity index (χ2v) is 7.86. The predicted octanol–water partition coefficient (Wildman–Crippen LogP) is 3.14. The van der Waals surface area contributed by atoms with Crippen LogP contribution in [0.15, 0.2) is 53.6 Å². The number of rotatable bonds is 6. The van der Waals surface area contributed by atoms with Crippen molar-refractivity contribution in [2.45, 2.75) is 6.18 Å². The molecule has 2 aromatic rings. The molecule has 0 unspecified atom stereocenters. The van der Waals surface area contributed by atoms with Crippen LogP contribution < -0.4 is 10.1 Å². The third-order valence-corrected chi connectivity index (χ3v) is 5.63. The van der Waals surface area contributed by atoms with E-state index < -0.39 is 21.9 Å². The smallest absolute Gasteiger partial charge is 0.379 e. The number of morpholine rings is 1. The third-order valence-electron chi connectivity index (χ3n) is 4.09. The number of ether oxygens (including phenoxy) is 1. The fourth-order valence-electron chi connectivity index (χ4n) is 2.55. The molecule has 0 bridgehead atoms. The van der Waals surface area contributed by atoms with Crippen molar-refractivity contribution in [1.82, 2.24) is 4.31 Å². The van der Waals surface area contributed by atoms with E-state index in [-0.39, 0.29) is 0 Å². The fourth-order valence-corrected chi connectivity index (χ4v) is 3.75. The highest BCUT2D eigenvalue weighted by molar-refractivity contribution is 7.90. The van der Waals surface area contributed by atoms with Crippen LogP contribution >= 0.6 is 0 Å². The van der Waals surface area contributed by atoms with Gasteiger partial charge in [-0.2, -0.15) is 31.0 Å². The highest BCUT2D eigenvalue weighted by atomic mass is 32.2. The summed E-state index contributed by atoms with van der Waals surface area (Å²) >= 11 is 0. The molecule has 1 saturated heterocycles. The largest absolute Gasteiger partial charge is 0.416 e. The molecule has 1 fully saturated rings. The number of hydrazone groups is 1. The van der Waals surface area contributed by atoms with Gasteiger partial charge in [0, 0.05) is 18.8 Å². The van der Waals surface area contributed by atoms with Gasteiger partial charge in [-0.1, -0.05) is 12.1 Å². The molecular formula is C18H19F3N4O3S. The van der Waals surface area contributed by atoms with Gasteiger partial charge in [-0.05, 0) is 42.0 Å². The third kappa shape index (κ3) is 5.92. The molecule has 0 aromatic heterocycles. The SMILES string of the molecule is O=S(=O)(Nc1ccc(N/N=C/c2ccc(C(F)(F)F)cc2)cc1)N1CCOCC1. The summed E-state index contributed by atoms with van der Waals surface area (Å²) in [7, 11) is -3.64. The molecule has 1 heterocycles. The summed E-state index contributed by atoms with van der Waals surface area (Å²) in [5.41, 5.74) is 3.49. The quantitative estimate of drug-likeness (QED) is 0.547. The van der Waals surface area contributed by atoms with E-state index in [0.29, 0.717) is 43.2 Å². The topological polar surface area (TPSA) is 83.0 Å². The van der Waals surface area contributed by atoms with Crippen molar-refractivity contribution < 1.29 is 26.3 Å². The normalized spacial score (nSPS) is 16.1. The van der Waals surface area contributed by atoms with Crippen LogP contribution in [0, 0.1) is 0 Å². The fraction of sp³-hybridized carbons (Fsp3) is 0.278. The Labute approximate surface area is 166 Å². The number of nitrogens with zero attached hydrogens (tertiary/aromatic N) is 2. The van der Waals surface area contributed by atoms with Gasteiger partial charge in [0.05, 0.1) is 30.7 Å². The summed E-state index contributed by atoms with van der Waals surface area (Å²) in [6.07, 6.45) is -2.99. The van der Waals surface area contributed by atoms with Gasteiger partial charge in [-0.15, -0.1) is 0 Å². The monoisotopic (exact) mass is 428 g/mol. The Hall–Kier alpha value is -2.63. The summed E-state index contributed by atoms with van der Waals surface area (Å²) in [4.78, 5) is 0. The average Bonchev–Trinajstić information content (AvgIpc) is 2.69. The van der Waals surface area contributed by atoms with Crippen LogP contribution in [0.2, 0.25) is 0 Å². The Bertz CT molecular complexity index is 940. The van der Waals surface area contributed by atoms with Crippen molar-refractivity contribution in [3.8, 4) is 0 Å². The zero-order chi connectivity index (χ0) is 20.9. The predicted molar refractivity (Wildman–Crippen MR) is 104 cm³/mol. The number of anilines is 2. The molecule has 156 valence electrons. The van der Waals surface area contributed by atoms with Crippen LogP contribution in [0.1, 0.15) is 11.1 Å². The molecule has 7 nitrogen and oxygen atoms in total. The maximum Gasteiger partial charge on any atom is 0.416 e. The highest BCUT2D eigenvalue weighted by Gasteiger charge is 2.29. The minimum absolute atomic E-state index is 0.299. The van der Waals surface area contributed by atoms with E-state index in [1.54, 1.807) is 24.3 Å². The molecule has 0 aliphatic carbocycles. The summed E-state index contributed by atoms with van der Waals surface area (Å²) in [5.74, 6) is 0. The second-order valence-electron chi connectivity index (χ2n) is 6.19. The Kier molecular flexibility index (Phi) is 6.40. The first-order valence-electron chi connectivity index (χ1n) is 8.66. The average molecular weight is 428 g/mol. The number of alkyl halides is 3. The van der Waals surface area contributed by atoms with Gasteiger partial charge >= 0.3 is 16.4 Å². The molecule has 0 saturated carbocycles. The minimum Gasteiger partial charge on any atom is -0.379 e. The van der Waals surface area contributed by atoms with Crippen molar-refractivity contribution in [1.29, 1.82) is 0 Å². The van der Waals surface area contributed by atoms with Crippen LogP contribution in [-0.2, 0) is 21.1 Å². The summed E-state index contributed by atoms with van der Waals surface area (Å²) in [5, 5.41) is 3.96. The first kappa shape index (κ1) is 21.1. The van der Waals surface area contributed by atoms with Crippen LogP contribution in [0.4, 0.5) is 24.5 Å². The lowest BCUT2D eigenvalue weighted by Crippen LogP contribution is -2.43. The zero-order valence-corrected chi connectivity index (χ0v) is 16.0. The molecule has 2 N–H and O–H groups in total. The van der Waals surface area contributed by atoms with E-state index in [2.05, 4.69) is 15.2 Å². The lowest BCUT2D eigenvalue weighted by atomic mass is 10.1. The number of halogens is 3. The van der Waals surface area contributed by atoms with Gasteiger partial charge in [0.15, 0.2) is 0 Å². The van der Waals surface area contributed by atoms with E-state index >= 15 is 0 Å². The first-order valence-corrected chi connectivity index (χ1v) is 10.1. The molecule has 0 radical (unpaired) electrons. The Morgan fingerprint density at radius 2 is 1.55 bits per heavy atom. The van der Waals surface area contributed by atoms with Gasteiger partial charge in [-0.25, -0.2) is 0 Å². The van der Waals surface area contributed by atoms with Crippen molar-refractivity contribution in [3.05, 3.63) is 59.7 Å². The lowest BCUT2D eigenvalue weighted by Gasteiger charge is -2.26. The van der Waals surface area contributed by atoms with E-state index in [9.17, 15) is 21.6 Å². The minimum atomic E-state index is -4.38. The van der Waals surface area contributed by atoms with Gasteiger partial charge in [0.2, 0.25) is 0 Å². The van der Waals surface area contributed by atoms with Crippen LogP contribution in [0.5, 0.6) is 0 Å². The molecule has 1 aliphatic rings. The van der Waals surface area contributed by atoms with Crippen molar-refractivity contribution in [2.24, 2.45) is 5.10 Å². The maximum absolute atomic E-state index is 12.5. The molecule has 3 rings (SSSR count). The number of hydrogen-bond acceptors (Lipinski definition) is 5. The van der Waals surface area contributed by atoms with Gasteiger partial charge in [0.25, 0.3) is 0 Å². The van der Waals surface area contributed by atoms with Gasteiger partial charge in [0.1, 0.15) is 0 Å². The van der Waals surface area contributed by atoms with Gasteiger partial charge < -0.3 is 4.74 Å². The second kappa shape index (κ2) is 8.80. The van der Waals surface area contributed by atoms with Gasteiger partial charge in [-0.3, -0.25) is 10.1 Å². The zero-order valence-electron chi connectivity index (χ0n) is 15.2. The molecule has 1 aliphatic heterocycles. The Balaban J connectivity index is 1.55. The first-order chi connectivity index (χ1) is 13.7. The van der Waals surface area contributed by atoms with Crippen molar-refractivity contribution in [3.63, 3.8) is 0 Å². The molecule has 0 spiro atoms. The van der Waals surface area contributed by atoms with Crippen LogP contribution in [-0.4, -0.2) is 45.2 Å². The standard InChI is InChI=1S/C18H19F3N4O3S/c19-18(20,21)15-3-1-14(2-4-15)13-22-23-16-5-7-17(8-6-16)24-29(26,27)25-9-11-28-12-10-25/h1-8,13,23-24H,9-12H2/b22-13+. The molecule has 11 heteroatoms. The molecular weight excluding hydrogens is 409 g/mol. The lowest BCUT2D eigenvalue weighted by molar-refractivity contribution is -0.137. The Morgan fingerprint density at radius 3 is 2.14 bits per heavy atom. The van der Waals surface area contributed by atoms with Crippen LogP contribution in [0.3, 0.4) is 0 Å². The van der Waals surface area contributed by atoms with Crippen molar-refractivity contribution >= 4 is 27.8 Å². The maximum atomic E-state index is 12.5. The Morgan fingerprint density at radius 1 is 0.966 bits per heavy atom. The number of benzene rings is 2. The van der Waals surface area contributed by atoms with E-state index in [4.69, 9.17) is 4.74 Å². The number of hydrogen-bond donors (Lipinski definition) is 2. The molecule has 0 atom stereocenters. The summed E-state index contributed by atoms with van der Waals surface area (Å²) < 4.78 is 71.2. The highest BCUT2D eigenvalue weighted by Crippen LogP contribution is 2.28. The molecule has 0 amide bonds. The summed E-state index contributed by atoms with van der Waals surface area (Å²) in [6.45, 7) is 1.32. The number of nitrogens with one attached hydrogen (secondary N) is 2. The molecule has 29 heavy (non-hydrogen) atoms. The van der Waals surface area contributed by atoms with E-state index in [1.165, 1.54) is 22.7 Å². The summed E-state index contributed by atoms with van der Waals surface area (Å²) in [6, 6.07) is 11.0. The van der Waals surface area contributed by atoms with E-state index in [0.717, 1.165) is 12.1 Å².